The number of unbranched alkanes of at least 4 members (excludes halogenated alkanes) is 3. The van der Waals surface area contributed by atoms with Gasteiger partial charge in [0.05, 0.1) is 12.7 Å². The zero-order valence-corrected chi connectivity index (χ0v) is 12.2. The molecule has 0 rings (SSSR count). The predicted molar refractivity (Wildman–Crippen MR) is 71.4 cm³/mol. The molecule has 0 heterocycles. The third kappa shape index (κ3) is 10.5. The highest BCUT2D eigenvalue weighted by Gasteiger charge is 2.17. The maximum absolute atomic E-state index is 11.4. The van der Waals surface area contributed by atoms with Crippen LogP contribution in [0.3, 0.4) is 0 Å². The van der Waals surface area contributed by atoms with Gasteiger partial charge in [0, 0.05) is 0 Å². The summed E-state index contributed by atoms with van der Waals surface area (Å²) in [5, 5.41) is 9.15. The summed E-state index contributed by atoms with van der Waals surface area (Å²) in [7, 11) is 0. The van der Waals surface area contributed by atoms with E-state index in [-0.39, 0.29) is 25.3 Å². The number of esters is 1. The van der Waals surface area contributed by atoms with Gasteiger partial charge in [-0.3, -0.25) is 0 Å². The van der Waals surface area contributed by atoms with Gasteiger partial charge in [-0.25, -0.2) is 4.79 Å². The van der Waals surface area contributed by atoms with Crippen LogP contribution < -0.4 is 0 Å². The van der Waals surface area contributed by atoms with Crippen LogP contribution in [0.25, 0.3) is 0 Å². The van der Waals surface area contributed by atoms with Crippen LogP contribution >= 0.6 is 0 Å². The number of rotatable bonds is 9. The first-order chi connectivity index (χ1) is 8.39. The summed E-state index contributed by atoms with van der Waals surface area (Å²) in [5.74, 6) is -0.380. The van der Waals surface area contributed by atoms with Crippen molar-refractivity contribution in [1.29, 1.82) is 0 Å². The molecular weight excluding hydrogens is 232 g/mol. The van der Waals surface area contributed by atoms with Crippen LogP contribution in [0.4, 0.5) is 0 Å². The second-order valence-corrected chi connectivity index (χ2v) is 5.55. The Morgan fingerprint density at radius 1 is 1.22 bits per heavy atom. The van der Waals surface area contributed by atoms with Gasteiger partial charge in [-0.05, 0) is 27.2 Å². The Bertz CT molecular complexity index is 220. The van der Waals surface area contributed by atoms with E-state index < -0.39 is 5.60 Å². The Morgan fingerprint density at radius 2 is 1.89 bits per heavy atom. The minimum Gasteiger partial charge on any atom is -0.458 e. The van der Waals surface area contributed by atoms with Crippen molar-refractivity contribution in [2.75, 3.05) is 13.2 Å². The minimum absolute atomic E-state index is 0.0467. The zero-order valence-electron chi connectivity index (χ0n) is 12.2. The van der Waals surface area contributed by atoms with E-state index >= 15 is 0 Å². The highest BCUT2D eigenvalue weighted by molar-refractivity contribution is 5.71. The molecule has 0 amide bonds. The average Bonchev–Trinajstić information content (AvgIpc) is 2.26. The molecule has 0 saturated heterocycles. The van der Waals surface area contributed by atoms with Crippen LogP contribution in [0.5, 0.6) is 0 Å². The number of carbonyl (C=O) groups excluding carboxylic acids is 1. The molecule has 1 atom stereocenters. The Kier molecular flexibility index (Phi) is 9.02. The molecule has 1 N–H and O–H groups in total. The fourth-order valence-corrected chi connectivity index (χ4v) is 1.58. The smallest absolute Gasteiger partial charge is 0.332 e. The standard InChI is InChI=1S/C14H28O4/c1-5-6-7-8-9-12(10-15)17-11-13(16)18-14(2,3)4/h12,15H,5-11H2,1-4H3. The van der Waals surface area contributed by atoms with Crippen molar-refractivity contribution in [1.82, 2.24) is 0 Å². The molecule has 0 bridgehead atoms. The molecule has 0 spiro atoms. The molecule has 0 radical (unpaired) electrons. The fraction of sp³-hybridized carbons (Fsp3) is 0.929. The van der Waals surface area contributed by atoms with Crippen LogP contribution in [0.1, 0.15) is 59.8 Å². The molecule has 0 aliphatic carbocycles. The molecule has 0 saturated carbocycles. The Balaban J connectivity index is 3.75. The maximum Gasteiger partial charge on any atom is 0.332 e. The first-order valence-electron chi connectivity index (χ1n) is 6.83. The molecule has 0 aliphatic heterocycles. The van der Waals surface area contributed by atoms with Gasteiger partial charge in [-0.1, -0.05) is 32.6 Å². The summed E-state index contributed by atoms with van der Waals surface area (Å²) >= 11 is 0. The molecule has 108 valence electrons. The van der Waals surface area contributed by atoms with Crippen LogP contribution in [0.2, 0.25) is 0 Å². The molecule has 0 aromatic carbocycles. The first kappa shape index (κ1) is 17.4. The van der Waals surface area contributed by atoms with Crippen molar-refractivity contribution in [3.05, 3.63) is 0 Å². The molecule has 4 nitrogen and oxygen atoms in total. The summed E-state index contributed by atoms with van der Waals surface area (Å²) in [5.41, 5.74) is -0.490. The topological polar surface area (TPSA) is 55.8 Å². The second-order valence-electron chi connectivity index (χ2n) is 5.55. The van der Waals surface area contributed by atoms with E-state index in [0.717, 1.165) is 19.3 Å². The first-order valence-corrected chi connectivity index (χ1v) is 6.83. The maximum atomic E-state index is 11.4. The van der Waals surface area contributed by atoms with Crippen LogP contribution in [0, 0.1) is 0 Å². The Hall–Kier alpha value is -0.610. The molecule has 1 unspecified atom stereocenters. The van der Waals surface area contributed by atoms with Gasteiger partial charge in [0.15, 0.2) is 0 Å². The fourth-order valence-electron chi connectivity index (χ4n) is 1.58. The van der Waals surface area contributed by atoms with Crippen molar-refractivity contribution < 1.29 is 19.4 Å². The lowest BCUT2D eigenvalue weighted by atomic mass is 10.1. The average molecular weight is 260 g/mol. The lowest BCUT2D eigenvalue weighted by Gasteiger charge is -2.21. The zero-order chi connectivity index (χ0) is 14.0. The summed E-state index contributed by atoms with van der Waals surface area (Å²) in [4.78, 5) is 11.4. The van der Waals surface area contributed by atoms with Crippen molar-refractivity contribution in [2.24, 2.45) is 0 Å². The number of hydrogen-bond acceptors (Lipinski definition) is 4. The third-order valence-corrected chi connectivity index (χ3v) is 2.44. The summed E-state index contributed by atoms with van der Waals surface area (Å²) < 4.78 is 10.5. The van der Waals surface area contributed by atoms with Crippen molar-refractivity contribution in [2.45, 2.75) is 71.5 Å². The molecule has 0 aromatic rings. The number of carbonyl (C=O) groups is 1. The van der Waals surface area contributed by atoms with Crippen LogP contribution in [-0.4, -0.2) is 36.0 Å². The van der Waals surface area contributed by atoms with E-state index in [4.69, 9.17) is 14.6 Å². The van der Waals surface area contributed by atoms with E-state index in [1.165, 1.54) is 12.8 Å². The van der Waals surface area contributed by atoms with Gasteiger partial charge in [-0.15, -0.1) is 0 Å². The molecule has 0 aromatic heterocycles. The molecule has 18 heavy (non-hydrogen) atoms. The monoisotopic (exact) mass is 260 g/mol. The predicted octanol–water partition coefficient (Wildman–Crippen LogP) is 2.68. The van der Waals surface area contributed by atoms with Crippen LogP contribution in [0.15, 0.2) is 0 Å². The minimum atomic E-state index is -0.490. The quantitative estimate of drug-likeness (QED) is 0.511. The highest BCUT2D eigenvalue weighted by atomic mass is 16.6. The van der Waals surface area contributed by atoms with E-state index in [1.807, 2.05) is 20.8 Å². The van der Waals surface area contributed by atoms with E-state index in [0.29, 0.717) is 0 Å². The van der Waals surface area contributed by atoms with Gasteiger partial charge >= 0.3 is 5.97 Å². The third-order valence-electron chi connectivity index (χ3n) is 2.44. The largest absolute Gasteiger partial charge is 0.458 e. The highest BCUT2D eigenvalue weighted by Crippen LogP contribution is 2.10. The van der Waals surface area contributed by atoms with E-state index in [2.05, 4.69) is 6.92 Å². The Labute approximate surface area is 111 Å². The second kappa shape index (κ2) is 9.34. The van der Waals surface area contributed by atoms with Gasteiger partial charge in [0.25, 0.3) is 0 Å². The molecular formula is C14H28O4. The number of hydrogen-bond donors (Lipinski definition) is 1. The van der Waals surface area contributed by atoms with E-state index in [9.17, 15) is 4.79 Å². The Morgan fingerprint density at radius 3 is 2.39 bits per heavy atom. The van der Waals surface area contributed by atoms with Crippen molar-refractivity contribution >= 4 is 5.97 Å². The van der Waals surface area contributed by atoms with Crippen molar-refractivity contribution in [3.8, 4) is 0 Å². The SMILES string of the molecule is CCCCCCC(CO)OCC(=O)OC(C)(C)C. The molecule has 0 aliphatic rings. The van der Waals surface area contributed by atoms with Crippen molar-refractivity contribution in [3.63, 3.8) is 0 Å². The van der Waals surface area contributed by atoms with Gasteiger partial charge in [-0.2, -0.15) is 0 Å². The summed E-state index contributed by atoms with van der Waals surface area (Å²) in [6.07, 6.45) is 5.08. The van der Waals surface area contributed by atoms with Gasteiger partial charge in [0.1, 0.15) is 12.2 Å². The lowest BCUT2D eigenvalue weighted by molar-refractivity contribution is -0.163. The number of ether oxygens (including phenoxy) is 2. The molecule has 0 fully saturated rings. The number of aliphatic hydroxyl groups is 1. The summed E-state index contributed by atoms with van der Waals surface area (Å²) in [6, 6.07) is 0. The summed E-state index contributed by atoms with van der Waals surface area (Å²) in [6.45, 7) is 7.48. The normalized spacial score (nSPS) is 13.4. The van der Waals surface area contributed by atoms with Gasteiger partial charge < -0.3 is 14.6 Å². The van der Waals surface area contributed by atoms with Gasteiger partial charge in [0.2, 0.25) is 0 Å². The van der Waals surface area contributed by atoms with Crippen LogP contribution in [-0.2, 0) is 14.3 Å². The molecule has 4 heteroatoms. The number of aliphatic hydroxyl groups excluding tert-OH is 1. The van der Waals surface area contributed by atoms with E-state index in [1.54, 1.807) is 0 Å². The lowest BCUT2D eigenvalue weighted by Crippen LogP contribution is -2.29.